The molecule has 0 amide bonds. The van der Waals surface area contributed by atoms with Crippen molar-refractivity contribution in [2.75, 3.05) is 13.2 Å². The van der Waals surface area contributed by atoms with Crippen LogP contribution < -0.4 is 0 Å². The molecule has 3 N–H and O–H groups in total. The lowest BCUT2D eigenvalue weighted by atomic mass is 10.0. The van der Waals surface area contributed by atoms with Gasteiger partial charge in [0.2, 0.25) is 0 Å². The van der Waals surface area contributed by atoms with Gasteiger partial charge < -0.3 is 20.1 Å². The predicted molar refractivity (Wildman–Crippen MR) is 33.5 cm³/mol. The van der Waals surface area contributed by atoms with E-state index in [1.165, 1.54) is 0 Å². The molecule has 1 aliphatic rings. The van der Waals surface area contributed by atoms with Crippen molar-refractivity contribution >= 4 is 0 Å². The predicted octanol–water partition coefficient (Wildman–Crippen LogP) is -1.51. The number of aliphatic hydroxyl groups is 3. The average molecular weight is 148 g/mol. The van der Waals surface area contributed by atoms with Crippen molar-refractivity contribution in [2.24, 2.45) is 0 Å². The molecule has 0 aliphatic carbocycles. The summed E-state index contributed by atoms with van der Waals surface area (Å²) in [6.45, 7) is 0.0240. The summed E-state index contributed by atoms with van der Waals surface area (Å²) in [5, 5.41) is 26.5. The fourth-order valence-corrected chi connectivity index (χ4v) is 0.967. The number of rotatable bonds is 1. The summed E-state index contributed by atoms with van der Waals surface area (Å²) < 4.78 is 4.95. The van der Waals surface area contributed by atoms with E-state index >= 15 is 0 Å². The van der Waals surface area contributed by atoms with Gasteiger partial charge in [0, 0.05) is 6.42 Å². The first-order valence-corrected chi connectivity index (χ1v) is 3.32. The second-order valence-electron chi connectivity index (χ2n) is 2.51. The van der Waals surface area contributed by atoms with Crippen LogP contribution in [0, 0.1) is 0 Å². The number of hydrogen-bond acceptors (Lipinski definition) is 4. The first-order valence-electron chi connectivity index (χ1n) is 3.32. The molecular formula is C6H12O4. The van der Waals surface area contributed by atoms with Crippen LogP contribution in [0.15, 0.2) is 0 Å². The third-order valence-corrected chi connectivity index (χ3v) is 1.65. The lowest BCUT2D eigenvalue weighted by Crippen LogP contribution is -2.42. The molecule has 0 spiro atoms. The Hall–Kier alpha value is -0.160. The molecule has 1 rings (SSSR count). The maximum absolute atomic E-state index is 9.04. The Labute approximate surface area is 59.1 Å². The van der Waals surface area contributed by atoms with Crippen LogP contribution in [0.4, 0.5) is 0 Å². The smallest absolute Gasteiger partial charge is 0.103 e. The monoisotopic (exact) mass is 148 g/mol. The Morgan fingerprint density at radius 1 is 1.30 bits per heavy atom. The van der Waals surface area contributed by atoms with E-state index in [1.807, 2.05) is 0 Å². The molecular weight excluding hydrogens is 136 g/mol. The molecule has 60 valence electrons. The van der Waals surface area contributed by atoms with Gasteiger partial charge >= 0.3 is 0 Å². The minimum Gasteiger partial charge on any atom is -0.394 e. The molecule has 4 heteroatoms. The Balaban J connectivity index is 2.33. The summed E-state index contributed by atoms with van der Waals surface area (Å²) >= 11 is 0. The third kappa shape index (κ3) is 1.67. The van der Waals surface area contributed by atoms with Crippen molar-refractivity contribution in [2.45, 2.75) is 24.7 Å². The van der Waals surface area contributed by atoms with Gasteiger partial charge in [-0.25, -0.2) is 0 Å². The van der Waals surface area contributed by atoms with Crippen LogP contribution in [-0.4, -0.2) is 46.8 Å². The SMILES string of the molecule is OCC1C[C@@H](O)C(O)CO1. The van der Waals surface area contributed by atoms with Crippen LogP contribution in [-0.2, 0) is 4.74 Å². The largest absolute Gasteiger partial charge is 0.394 e. The Bertz CT molecular complexity index is 106. The summed E-state index contributed by atoms with van der Waals surface area (Å²) in [5.74, 6) is 0. The standard InChI is InChI=1S/C6H12O4/c7-2-4-1-5(8)6(9)3-10-4/h4-9H,1-3H2/t4?,5-,6?/m1/s1. The lowest BCUT2D eigenvalue weighted by Gasteiger charge is -2.29. The average Bonchev–Trinajstić information content (AvgIpc) is 1.95. The molecule has 4 nitrogen and oxygen atoms in total. The quantitative estimate of drug-likeness (QED) is 0.423. The fraction of sp³-hybridized carbons (Fsp3) is 1.00. The highest BCUT2D eigenvalue weighted by Gasteiger charge is 2.27. The molecule has 2 unspecified atom stereocenters. The van der Waals surface area contributed by atoms with Crippen LogP contribution in [0.3, 0.4) is 0 Å². The van der Waals surface area contributed by atoms with Gasteiger partial charge in [-0.2, -0.15) is 0 Å². The van der Waals surface area contributed by atoms with Crippen molar-refractivity contribution in [1.82, 2.24) is 0 Å². The highest BCUT2D eigenvalue weighted by atomic mass is 16.5. The highest BCUT2D eigenvalue weighted by Crippen LogP contribution is 2.13. The molecule has 1 saturated heterocycles. The van der Waals surface area contributed by atoms with E-state index in [4.69, 9.17) is 20.1 Å². The minimum atomic E-state index is -0.789. The second kappa shape index (κ2) is 3.30. The molecule has 0 aromatic carbocycles. The molecule has 1 aliphatic heterocycles. The molecule has 0 saturated carbocycles. The second-order valence-corrected chi connectivity index (χ2v) is 2.51. The van der Waals surface area contributed by atoms with Gasteiger partial charge in [0.1, 0.15) is 6.10 Å². The first-order chi connectivity index (χ1) is 4.74. The molecule has 0 aromatic rings. The zero-order valence-electron chi connectivity index (χ0n) is 5.60. The van der Waals surface area contributed by atoms with Crippen LogP contribution in [0.5, 0.6) is 0 Å². The molecule has 1 heterocycles. The Morgan fingerprint density at radius 3 is 2.50 bits per heavy atom. The van der Waals surface area contributed by atoms with Crippen LogP contribution in [0.25, 0.3) is 0 Å². The number of hydrogen-bond donors (Lipinski definition) is 3. The van der Waals surface area contributed by atoms with E-state index in [9.17, 15) is 0 Å². The minimum absolute atomic E-state index is 0.0935. The summed E-state index contributed by atoms with van der Waals surface area (Å²) in [6.07, 6.45) is -1.52. The molecule has 0 radical (unpaired) electrons. The summed E-state index contributed by atoms with van der Waals surface area (Å²) in [6, 6.07) is 0. The van der Waals surface area contributed by atoms with Crippen molar-refractivity contribution in [3.05, 3.63) is 0 Å². The van der Waals surface area contributed by atoms with E-state index in [-0.39, 0.29) is 19.3 Å². The number of ether oxygens (including phenoxy) is 1. The topological polar surface area (TPSA) is 69.9 Å². The van der Waals surface area contributed by atoms with Gasteiger partial charge in [0.15, 0.2) is 0 Å². The van der Waals surface area contributed by atoms with Crippen molar-refractivity contribution < 1.29 is 20.1 Å². The summed E-state index contributed by atoms with van der Waals surface area (Å²) in [5.41, 5.74) is 0. The van der Waals surface area contributed by atoms with E-state index in [1.54, 1.807) is 0 Å². The molecule has 10 heavy (non-hydrogen) atoms. The van der Waals surface area contributed by atoms with Crippen LogP contribution >= 0.6 is 0 Å². The van der Waals surface area contributed by atoms with E-state index in [0.29, 0.717) is 6.42 Å². The van der Waals surface area contributed by atoms with Gasteiger partial charge in [-0.15, -0.1) is 0 Å². The number of aliphatic hydroxyl groups excluding tert-OH is 3. The fourth-order valence-electron chi connectivity index (χ4n) is 0.967. The van der Waals surface area contributed by atoms with E-state index in [2.05, 4.69) is 0 Å². The highest BCUT2D eigenvalue weighted by molar-refractivity contribution is 4.76. The maximum Gasteiger partial charge on any atom is 0.103 e. The van der Waals surface area contributed by atoms with Crippen LogP contribution in [0.2, 0.25) is 0 Å². The van der Waals surface area contributed by atoms with Gasteiger partial charge in [-0.05, 0) is 0 Å². The Kier molecular flexibility index (Phi) is 2.62. The van der Waals surface area contributed by atoms with Crippen molar-refractivity contribution in [3.63, 3.8) is 0 Å². The van der Waals surface area contributed by atoms with Crippen molar-refractivity contribution in [1.29, 1.82) is 0 Å². The summed E-state index contributed by atoms with van der Waals surface area (Å²) in [4.78, 5) is 0. The first kappa shape index (κ1) is 7.94. The lowest BCUT2D eigenvalue weighted by molar-refractivity contribution is -0.131. The normalized spacial score (nSPS) is 41.7. The van der Waals surface area contributed by atoms with E-state index in [0.717, 1.165) is 0 Å². The summed E-state index contributed by atoms with van der Waals surface area (Å²) in [7, 11) is 0. The Morgan fingerprint density at radius 2 is 2.00 bits per heavy atom. The molecule has 0 aromatic heterocycles. The third-order valence-electron chi connectivity index (χ3n) is 1.65. The van der Waals surface area contributed by atoms with Gasteiger partial charge in [0.05, 0.1) is 25.4 Å². The van der Waals surface area contributed by atoms with Gasteiger partial charge in [0.25, 0.3) is 0 Å². The van der Waals surface area contributed by atoms with E-state index < -0.39 is 12.2 Å². The maximum atomic E-state index is 9.04. The zero-order chi connectivity index (χ0) is 7.56. The van der Waals surface area contributed by atoms with Gasteiger partial charge in [-0.1, -0.05) is 0 Å². The van der Waals surface area contributed by atoms with Crippen LogP contribution in [0.1, 0.15) is 6.42 Å². The molecule has 0 bridgehead atoms. The van der Waals surface area contributed by atoms with Gasteiger partial charge in [-0.3, -0.25) is 0 Å². The molecule has 3 atom stereocenters. The zero-order valence-corrected chi connectivity index (χ0v) is 5.60. The molecule has 1 fully saturated rings. The van der Waals surface area contributed by atoms with Crippen molar-refractivity contribution in [3.8, 4) is 0 Å².